The van der Waals surface area contributed by atoms with Crippen molar-refractivity contribution in [1.82, 2.24) is 14.8 Å². The van der Waals surface area contributed by atoms with Crippen molar-refractivity contribution in [2.24, 2.45) is 0 Å². The van der Waals surface area contributed by atoms with Gasteiger partial charge in [-0.15, -0.1) is 0 Å². The zero-order valence-electron chi connectivity index (χ0n) is 15.4. The number of carbonyl (C=O) groups is 1. The van der Waals surface area contributed by atoms with Crippen LogP contribution in [0.15, 0.2) is 36.7 Å². The summed E-state index contributed by atoms with van der Waals surface area (Å²) in [5.41, 5.74) is 2.04. The van der Waals surface area contributed by atoms with Gasteiger partial charge in [0.1, 0.15) is 11.5 Å². The van der Waals surface area contributed by atoms with E-state index in [4.69, 9.17) is 9.47 Å². The number of methoxy groups -OCH3 is 2. The van der Waals surface area contributed by atoms with Crippen molar-refractivity contribution >= 4 is 17.3 Å². The first kappa shape index (κ1) is 18.0. The van der Waals surface area contributed by atoms with Gasteiger partial charge in [-0.2, -0.15) is 0 Å². The summed E-state index contributed by atoms with van der Waals surface area (Å²) in [7, 11) is 5.29. The van der Waals surface area contributed by atoms with Crippen molar-refractivity contribution in [2.45, 2.75) is 0 Å². The minimum Gasteiger partial charge on any atom is -0.497 e. The molecule has 1 N–H and O–H groups in total. The summed E-state index contributed by atoms with van der Waals surface area (Å²) in [6.45, 7) is 3.24. The molecule has 138 valence electrons. The number of likely N-dealkylation sites (N-methyl/N-ethyl adjacent to an activating group) is 1. The second-order valence-corrected chi connectivity index (χ2v) is 6.25. The highest BCUT2D eigenvalue weighted by molar-refractivity contribution is 5.95. The molecular formula is C19H24N4O3. The molecule has 7 nitrogen and oxygen atoms in total. The van der Waals surface area contributed by atoms with Crippen molar-refractivity contribution < 1.29 is 14.3 Å². The van der Waals surface area contributed by atoms with E-state index in [1.807, 2.05) is 29.2 Å². The number of nitrogens with zero attached hydrogens (tertiary/aromatic N) is 3. The summed E-state index contributed by atoms with van der Waals surface area (Å²) >= 11 is 0. The standard InChI is InChI=1S/C19H24N4O3/c1-22-6-8-23(9-7-22)19(24)14-10-15(13-20-12-14)21-17-11-16(25-2)4-5-18(17)26-3/h4-5,10-13,21H,6-9H2,1-3H3. The largest absolute Gasteiger partial charge is 0.497 e. The maximum absolute atomic E-state index is 12.7. The second kappa shape index (κ2) is 8.05. The zero-order chi connectivity index (χ0) is 18.5. The third-order valence-electron chi connectivity index (χ3n) is 4.46. The number of nitrogens with one attached hydrogen (secondary N) is 1. The topological polar surface area (TPSA) is 66.9 Å². The molecule has 0 saturated carbocycles. The Kier molecular flexibility index (Phi) is 5.58. The Hall–Kier alpha value is -2.80. The van der Waals surface area contributed by atoms with E-state index in [-0.39, 0.29) is 5.91 Å². The molecular weight excluding hydrogens is 332 g/mol. The van der Waals surface area contributed by atoms with Crippen LogP contribution in [0.5, 0.6) is 11.5 Å². The van der Waals surface area contributed by atoms with Crippen molar-refractivity contribution in [3.05, 3.63) is 42.2 Å². The van der Waals surface area contributed by atoms with E-state index in [9.17, 15) is 4.79 Å². The van der Waals surface area contributed by atoms with Gasteiger partial charge in [-0.3, -0.25) is 9.78 Å². The maximum atomic E-state index is 12.7. The van der Waals surface area contributed by atoms with Crippen LogP contribution in [0.25, 0.3) is 0 Å². The minimum atomic E-state index is 0.00635. The van der Waals surface area contributed by atoms with Crippen LogP contribution in [0.2, 0.25) is 0 Å². The summed E-state index contributed by atoms with van der Waals surface area (Å²) in [6.07, 6.45) is 3.29. The molecule has 1 aromatic heterocycles. The summed E-state index contributed by atoms with van der Waals surface area (Å²) in [5.74, 6) is 1.40. The van der Waals surface area contributed by atoms with Crippen LogP contribution in [-0.2, 0) is 0 Å². The summed E-state index contributed by atoms with van der Waals surface area (Å²) < 4.78 is 10.6. The van der Waals surface area contributed by atoms with Crippen LogP contribution in [0.4, 0.5) is 11.4 Å². The molecule has 0 radical (unpaired) electrons. The summed E-state index contributed by atoms with van der Waals surface area (Å²) in [4.78, 5) is 21.0. The first-order chi connectivity index (χ1) is 12.6. The van der Waals surface area contributed by atoms with Crippen molar-refractivity contribution in [3.63, 3.8) is 0 Å². The Morgan fingerprint density at radius 3 is 2.54 bits per heavy atom. The van der Waals surface area contributed by atoms with Crippen LogP contribution in [0, 0.1) is 0 Å². The van der Waals surface area contributed by atoms with E-state index in [0.717, 1.165) is 37.6 Å². The number of amides is 1. The third-order valence-corrected chi connectivity index (χ3v) is 4.46. The van der Waals surface area contributed by atoms with Gasteiger partial charge >= 0.3 is 0 Å². The van der Waals surface area contributed by atoms with E-state index < -0.39 is 0 Å². The molecule has 1 saturated heterocycles. The summed E-state index contributed by atoms with van der Waals surface area (Å²) in [6, 6.07) is 7.31. The van der Waals surface area contributed by atoms with Crippen LogP contribution >= 0.6 is 0 Å². The molecule has 2 heterocycles. The minimum absolute atomic E-state index is 0.00635. The number of carbonyl (C=O) groups excluding carboxylic acids is 1. The van der Waals surface area contributed by atoms with E-state index >= 15 is 0 Å². The molecule has 1 fully saturated rings. The number of pyridine rings is 1. The molecule has 2 aromatic rings. The van der Waals surface area contributed by atoms with Crippen molar-refractivity contribution in [3.8, 4) is 11.5 Å². The average Bonchev–Trinajstić information content (AvgIpc) is 2.68. The van der Waals surface area contributed by atoms with Crippen LogP contribution in [0.1, 0.15) is 10.4 Å². The Labute approximate surface area is 153 Å². The molecule has 26 heavy (non-hydrogen) atoms. The zero-order valence-corrected chi connectivity index (χ0v) is 15.4. The fourth-order valence-electron chi connectivity index (χ4n) is 2.88. The van der Waals surface area contributed by atoms with E-state index in [1.165, 1.54) is 0 Å². The molecule has 0 bridgehead atoms. The second-order valence-electron chi connectivity index (χ2n) is 6.25. The predicted molar refractivity (Wildman–Crippen MR) is 100 cm³/mol. The number of hydrogen-bond acceptors (Lipinski definition) is 6. The predicted octanol–water partition coefficient (Wildman–Crippen LogP) is 2.23. The van der Waals surface area contributed by atoms with Crippen molar-refractivity contribution in [1.29, 1.82) is 0 Å². The quantitative estimate of drug-likeness (QED) is 0.886. The monoisotopic (exact) mass is 356 g/mol. The Balaban J connectivity index is 1.78. The van der Waals surface area contributed by atoms with Crippen LogP contribution in [-0.4, -0.2) is 68.1 Å². The average molecular weight is 356 g/mol. The molecule has 0 aliphatic carbocycles. The molecule has 1 aliphatic heterocycles. The molecule has 7 heteroatoms. The SMILES string of the molecule is COc1ccc(OC)c(Nc2cncc(C(=O)N3CCN(C)CC3)c2)c1. The van der Waals surface area contributed by atoms with Gasteiger partial charge in [0.25, 0.3) is 5.91 Å². The maximum Gasteiger partial charge on any atom is 0.255 e. The molecule has 1 amide bonds. The van der Waals surface area contributed by atoms with Crippen LogP contribution in [0.3, 0.4) is 0 Å². The van der Waals surface area contributed by atoms with Gasteiger partial charge in [0.05, 0.1) is 37.4 Å². The number of rotatable bonds is 5. The smallest absolute Gasteiger partial charge is 0.255 e. The van der Waals surface area contributed by atoms with Crippen molar-refractivity contribution in [2.75, 3.05) is 52.8 Å². The van der Waals surface area contributed by atoms with E-state index in [2.05, 4.69) is 22.2 Å². The first-order valence-electron chi connectivity index (χ1n) is 8.52. The number of benzene rings is 1. The van der Waals surface area contributed by atoms with E-state index in [0.29, 0.717) is 17.1 Å². The molecule has 0 atom stereocenters. The van der Waals surface area contributed by atoms with Gasteiger partial charge in [0.15, 0.2) is 0 Å². The highest BCUT2D eigenvalue weighted by Gasteiger charge is 2.21. The molecule has 1 aliphatic rings. The lowest BCUT2D eigenvalue weighted by molar-refractivity contribution is 0.0663. The van der Waals surface area contributed by atoms with Gasteiger partial charge < -0.3 is 24.6 Å². The fraction of sp³-hybridized carbons (Fsp3) is 0.368. The number of ether oxygens (including phenoxy) is 2. The first-order valence-corrected chi connectivity index (χ1v) is 8.52. The lowest BCUT2D eigenvalue weighted by Gasteiger charge is -2.32. The molecule has 3 rings (SSSR count). The third kappa shape index (κ3) is 4.05. The molecule has 0 spiro atoms. The highest BCUT2D eigenvalue weighted by atomic mass is 16.5. The molecule has 1 aromatic carbocycles. The van der Waals surface area contributed by atoms with Gasteiger partial charge in [0, 0.05) is 38.4 Å². The Morgan fingerprint density at radius 1 is 1.08 bits per heavy atom. The number of aromatic nitrogens is 1. The highest BCUT2D eigenvalue weighted by Crippen LogP contribution is 2.31. The fourth-order valence-corrected chi connectivity index (χ4v) is 2.88. The van der Waals surface area contributed by atoms with Gasteiger partial charge in [-0.05, 0) is 25.2 Å². The Morgan fingerprint density at radius 2 is 1.85 bits per heavy atom. The number of anilines is 2. The van der Waals surface area contributed by atoms with Gasteiger partial charge in [0.2, 0.25) is 0 Å². The van der Waals surface area contributed by atoms with E-state index in [1.54, 1.807) is 26.6 Å². The Bertz CT molecular complexity index is 773. The lowest BCUT2D eigenvalue weighted by Crippen LogP contribution is -2.47. The summed E-state index contributed by atoms with van der Waals surface area (Å²) in [5, 5.41) is 3.26. The normalized spacial score (nSPS) is 14.8. The van der Waals surface area contributed by atoms with Gasteiger partial charge in [-0.25, -0.2) is 0 Å². The molecule has 0 unspecified atom stereocenters. The number of hydrogen-bond donors (Lipinski definition) is 1. The van der Waals surface area contributed by atoms with Crippen LogP contribution < -0.4 is 14.8 Å². The van der Waals surface area contributed by atoms with Gasteiger partial charge in [-0.1, -0.05) is 0 Å². The number of piperazine rings is 1. The lowest BCUT2D eigenvalue weighted by atomic mass is 10.2.